The quantitative estimate of drug-likeness (QED) is 0.639. The molecule has 14 heavy (non-hydrogen) atoms. The summed E-state index contributed by atoms with van der Waals surface area (Å²) < 4.78 is 0. The molecule has 0 N–H and O–H groups in total. The molecule has 4 heteroatoms. The highest BCUT2D eigenvalue weighted by Crippen LogP contribution is 2.19. The van der Waals surface area contributed by atoms with Crippen LogP contribution in [0.5, 0.6) is 0 Å². The molecule has 2 aliphatic heterocycles. The first kappa shape index (κ1) is 12.1. The van der Waals surface area contributed by atoms with Crippen LogP contribution >= 0.6 is 23.5 Å². The van der Waals surface area contributed by atoms with E-state index in [4.69, 9.17) is 0 Å². The minimum atomic E-state index is 0.736. The van der Waals surface area contributed by atoms with Gasteiger partial charge in [0, 0.05) is 10.5 Å². The van der Waals surface area contributed by atoms with Gasteiger partial charge in [0.05, 0.1) is 23.2 Å². The Morgan fingerprint density at radius 1 is 0.929 bits per heavy atom. The lowest BCUT2D eigenvalue weighted by atomic mass is 10.5. The smallest absolute Gasteiger partial charge is 0.0648 e. The van der Waals surface area contributed by atoms with Gasteiger partial charge in [0.15, 0.2) is 0 Å². The van der Waals surface area contributed by atoms with Gasteiger partial charge in [-0.05, 0) is 13.8 Å². The molecule has 0 saturated carbocycles. The predicted octanol–water partition coefficient (Wildman–Crippen LogP) is 3.08. The van der Waals surface area contributed by atoms with Gasteiger partial charge in [-0.15, -0.1) is 23.5 Å². The third-order valence-electron chi connectivity index (χ3n) is 1.89. The van der Waals surface area contributed by atoms with Crippen LogP contribution in [0.1, 0.15) is 27.7 Å². The van der Waals surface area contributed by atoms with Crippen LogP contribution in [0.15, 0.2) is 9.98 Å². The fraction of sp³-hybridized carbons (Fsp3) is 0.800. The van der Waals surface area contributed by atoms with E-state index in [1.165, 1.54) is 10.1 Å². The number of thioether (sulfide) groups is 2. The van der Waals surface area contributed by atoms with Crippen molar-refractivity contribution in [3.8, 4) is 0 Å². The Balaban J connectivity index is 0.000000140. The van der Waals surface area contributed by atoms with Crippen LogP contribution in [0, 0.1) is 0 Å². The summed E-state index contributed by atoms with van der Waals surface area (Å²) in [5, 5.41) is 3.96. The predicted molar refractivity (Wildman–Crippen MR) is 70.1 cm³/mol. The molecule has 2 rings (SSSR count). The molecule has 0 aromatic heterocycles. The highest BCUT2D eigenvalue weighted by Gasteiger charge is 2.09. The number of hydrogen-bond donors (Lipinski definition) is 0. The maximum atomic E-state index is 4.20. The van der Waals surface area contributed by atoms with E-state index < -0.39 is 0 Å². The van der Waals surface area contributed by atoms with Gasteiger partial charge in [-0.3, -0.25) is 9.98 Å². The van der Waals surface area contributed by atoms with Gasteiger partial charge in [0.25, 0.3) is 0 Å². The molecule has 0 aliphatic carbocycles. The highest BCUT2D eigenvalue weighted by molar-refractivity contribution is 8.14. The van der Waals surface area contributed by atoms with Crippen LogP contribution in [-0.4, -0.2) is 33.7 Å². The van der Waals surface area contributed by atoms with E-state index in [1.807, 2.05) is 23.5 Å². The van der Waals surface area contributed by atoms with Crippen molar-refractivity contribution in [1.29, 1.82) is 0 Å². The topological polar surface area (TPSA) is 24.7 Å². The van der Waals surface area contributed by atoms with E-state index in [2.05, 4.69) is 37.7 Å². The second kappa shape index (κ2) is 5.81. The Morgan fingerprint density at radius 2 is 1.29 bits per heavy atom. The molecule has 2 aliphatic rings. The van der Waals surface area contributed by atoms with Crippen molar-refractivity contribution in [3.05, 3.63) is 0 Å². The van der Waals surface area contributed by atoms with Gasteiger partial charge >= 0.3 is 0 Å². The summed E-state index contributed by atoms with van der Waals surface area (Å²) in [6.45, 7) is 10.6. The Morgan fingerprint density at radius 3 is 1.36 bits per heavy atom. The van der Waals surface area contributed by atoms with Crippen LogP contribution in [0.3, 0.4) is 0 Å². The Hall–Kier alpha value is 0.0400. The third kappa shape index (κ3) is 4.51. The third-order valence-corrected chi connectivity index (χ3v) is 3.93. The fourth-order valence-electron chi connectivity index (χ4n) is 1.25. The van der Waals surface area contributed by atoms with Gasteiger partial charge in [-0.2, -0.15) is 0 Å². The van der Waals surface area contributed by atoms with Crippen molar-refractivity contribution in [2.45, 2.75) is 38.2 Å². The number of nitrogens with zero attached hydrogens (tertiary/aromatic N) is 2. The number of hydrogen-bond acceptors (Lipinski definition) is 4. The van der Waals surface area contributed by atoms with Gasteiger partial charge in [-0.1, -0.05) is 13.8 Å². The van der Waals surface area contributed by atoms with Crippen LogP contribution in [0.4, 0.5) is 0 Å². The van der Waals surface area contributed by atoms with Crippen molar-refractivity contribution in [1.82, 2.24) is 0 Å². The molecule has 80 valence electrons. The Labute approximate surface area is 95.1 Å². The number of rotatable bonds is 0. The fourth-order valence-corrected chi connectivity index (χ4v) is 3.01. The summed E-state index contributed by atoms with van der Waals surface area (Å²) in [6, 6.07) is 0. The van der Waals surface area contributed by atoms with Crippen LogP contribution < -0.4 is 0 Å². The molecule has 2 nitrogen and oxygen atoms in total. The largest absolute Gasteiger partial charge is 0.282 e. The molecule has 0 bridgehead atoms. The SMILES string of the molecule is CC1=NCC(C)S1.CC1=NCC(C)S1. The van der Waals surface area contributed by atoms with Crippen molar-refractivity contribution >= 4 is 33.6 Å². The number of aliphatic imine (C=N–C) groups is 2. The first-order valence-corrected chi connectivity index (χ1v) is 6.69. The first-order valence-electron chi connectivity index (χ1n) is 4.93. The first-order chi connectivity index (χ1) is 6.58. The van der Waals surface area contributed by atoms with E-state index in [0.717, 1.165) is 23.6 Å². The van der Waals surface area contributed by atoms with Gasteiger partial charge < -0.3 is 0 Å². The van der Waals surface area contributed by atoms with Crippen LogP contribution in [0.2, 0.25) is 0 Å². The second-order valence-corrected chi connectivity index (χ2v) is 6.84. The highest BCUT2D eigenvalue weighted by atomic mass is 32.2. The zero-order valence-electron chi connectivity index (χ0n) is 9.28. The molecular weight excluding hydrogens is 212 g/mol. The Bertz CT molecular complexity index is 223. The van der Waals surface area contributed by atoms with Crippen molar-refractivity contribution < 1.29 is 0 Å². The normalized spacial score (nSPS) is 30.6. The zero-order chi connectivity index (χ0) is 10.6. The Kier molecular flexibility index (Phi) is 5.02. The average molecular weight is 230 g/mol. The average Bonchev–Trinajstić information content (AvgIpc) is 2.63. The molecule has 2 unspecified atom stereocenters. The van der Waals surface area contributed by atoms with Gasteiger partial charge in [-0.25, -0.2) is 0 Å². The van der Waals surface area contributed by atoms with Gasteiger partial charge in [0.2, 0.25) is 0 Å². The molecule has 0 radical (unpaired) electrons. The molecule has 2 heterocycles. The summed E-state index contributed by atoms with van der Waals surface area (Å²) in [4.78, 5) is 8.39. The van der Waals surface area contributed by atoms with E-state index in [0.29, 0.717) is 0 Å². The zero-order valence-corrected chi connectivity index (χ0v) is 10.9. The maximum absolute atomic E-state index is 4.20. The standard InChI is InChI=1S/2C5H9NS/c2*1-4-3-6-5(2)7-4/h2*4H,3H2,1-2H3. The summed E-state index contributed by atoms with van der Waals surface area (Å²) in [5.41, 5.74) is 0. The molecule has 0 fully saturated rings. The monoisotopic (exact) mass is 230 g/mol. The molecule has 0 aromatic carbocycles. The molecule has 0 amide bonds. The van der Waals surface area contributed by atoms with E-state index in [9.17, 15) is 0 Å². The molecule has 2 atom stereocenters. The lowest BCUT2D eigenvalue weighted by molar-refractivity contribution is 0.976. The van der Waals surface area contributed by atoms with Crippen LogP contribution in [0.25, 0.3) is 0 Å². The minimum Gasteiger partial charge on any atom is -0.282 e. The molecule has 0 spiro atoms. The second-order valence-electron chi connectivity index (χ2n) is 3.58. The molecule has 0 saturated heterocycles. The van der Waals surface area contributed by atoms with Crippen molar-refractivity contribution in [2.75, 3.05) is 13.1 Å². The summed E-state index contributed by atoms with van der Waals surface area (Å²) >= 11 is 3.74. The molecule has 0 aromatic rings. The van der Waals surface area contributed by atoms with E-state index in [1.54, 1.807) is 0 Å². The van der Waals surface area contributed by atoms with Crippen molar-refractivity contribution in [2.24, 2.45) is 9.98 Å². The minimum absolute atomic E-state index is 0.736. The lowest BCUT2D eigenvalue weighted by Gasteiger charge is -1.92. The lowest BCUT2D eigenvalue weighted by Crippen LogP contribution is -1.92. The van der Waals surface area contributed by atoms with E-state index in [-0.39, 0.29) is 0 Å². The van der Waals surface area contributed by atoms with Crippen molar-refractivity contribution in [3.63, 3.8) is 0 Å². The van der Waals surface area contributed by atoms with Gasteiger partial charge in [0.1, 0.15) is 0 Å². The summed E-state index contributed by atoms with van der Waals surface area (Å²) in [6.07, 6.45) is 0. The summed E-state index contributed by atoms with van der Waals surface area (Å²) in [7, 11) is 0. The summed E-state index contributed by atoms with van der Waals surface area (Å²) in [5.74, 6) is 0. The van der Waals surface area contributed by atoms with E-state index >= 15 is 0 Å². The maximum Gasteiger partial charge on any atom is 0.0648 e. The van der Waals surface area contributed by atoms with Crippen LogP contribution in [-0.2, 0) is 0 Å². The molecular formula is C10H18N2S2.